The molecule has 4 aliphatic rings. The van der Waals surface area contributed by atoms with E-state index in [1.54, 1.807) is 37.3 Å². The summed E-state index contributed by atoms with van der Waals surface area (Å²) in [5.41, 5.74) is 7.24. The highest BCUT2D eigenvalue weighted by molar-refractivity contribution is 5.89. The Morgan fingerprint density at radius 1 is 0.292 bits per heavy atom. The van der Waals surface area contributed by atoms with Crippen LogP contribution in [0.5, 0.6) is 0 Å². The summed E-state index contributed by atoms with van der Waals surface area (Å²) < 4.78 is 112. The van der Waals surface area contributed by atoms with Crippen molar-refractivity contribution in [2.75, 3.05) is 6.61 Å². The summed E-state index contributed by atoms with van der Waals surface area (Å²) in [5, 5.41) is 25.6. The number of ether oxygens (including phenoxy) is 16. The number of hydrogen-bond acceptors (Lipinski definition) is 19. The van der Waals surface area contributed by atoms with Crippen LogP contribution in [-0.2, 0) is 129 Å². The monoisotopic (exact) mass is 1440 g/mol. The first-order chi connectivity index (χ1) is 52.0. The van der Waals surface area contributed by atoms with Crippen molar-refractivity contribution in [3.63, 3.8) is 0 Å². The molecular weight excluding hydrogens is 1350 g/mol. The molecule has 19 nitrogen and oxygen atoms in total. The Balaban J connectivity index is 0.906. The van der Waals surface area contributed by atoms with E-state index < -0.39 is 129 Å². The third-order valence-electron chi connectivity index (χ3n) is 19.3. The molecule has 20 atom stereocenters. The molecule has 9 aromatic carbocycles. The molecule has 2 N–H and O–H groups in total. The minimum Gasteiger partial charge on any atom is -0.450 e. The van der Waals surface area contributed by atoms with Gasteiger partial charge >= 0.3 is 5.97 Å². The second-order valence-corrected chi connectivity index (χ2v) is 27.1. The van der Waals surface area contributed by atoms with Crippen LogP contribution in [0.2, 0.25) is 0 Å². The topological polar surface area (TPSA) is 205 Å². The Labute approximate surface area is 619 Å². The van der Waals surface area contributed by atoms with E-state index >= 15 is 0 Å². The Morgan fingerprint density at radius 2 is 0.594 bits per heavy atom. The van der Waals surface area contributed by atoms with Crippen molar-refractivity contribution < 1.29 is 90.8 Å². The van der Waals surface area contributed by atoms with Crippen LogP contribution in [0.3, 0.4) is 0 Å². The second-order valence-electron chi connectivity index (χ2n) is 27.1. The fraction of sp³-hybridized carbons (Fsp3) is 0.368. The smallest absolute Gasteiger partial charge is 0.338 e. The van der Waals surface area contributed by atoms with Gasteiger partial charge in [0.1, 0.15) is 73.2 Å². The van der Waals surface area contributed by atoms with Crippen molar-refractivity contribution in [3.8, 4) is 0 Å². The quantitative estimate of drug-likeness (QED) is 0.0367. The Hall–Kier alpha value is -8.23. The molecule has 0 aliphatic carbocycles. The van der Waals surface area contributed by atoms with Crippen LogP contribution in [-0.4, -0.2) is 146 Å². The van der Waals surface area contributed by atoms with Gasteiger partial charge in [-0.3, -0.25) is 0 Å². The predicted molar refractivity (Wildman–Crippen MR) is 391 cm³/mol. The lowest BCUT2D eigenvalue weighted by molar-refractivity contribution is -0.402. The number of aliphatic hydroxyl groups excluding tert-OH is 2. The van der Waals surface area contributed by atoms with E-state index in [4.69, 9.17) is 75.8 Å². The van der Waals surface area contributed by atoms with Gasteiger partial charge in [-0.25, -0.2) is 4.79 Å². The van der Waals surface area contributed by atoms with Gasteiger partial charge in [0.25, 0.3) is 0 Å². The fourth-order valence-corrected chi connectivity index (χ4v) is 13.8. The molecule has 4 aliphatic heterocycles. The van der Waals surface area contributed by atoms with Crippen molar-refractivity contribution in [1.82, 2.24) is 0 Å². The van der Waals surface area contributed by atoms with Crippen LogP contribution in [0.15, 0.2) is 273 Å². The van der Waals surface area contributed by atoms with Gasteiger partial charge in [0.2, 0.25) is 0 Å². The van der Waals surface area contributed by atoms with Gasteiger partial charge in [0.15, 0.2) is 31.3 Å². The van der Waals surface area contributed by atoms with Crippen LogP contribution < -0.4 is 0 Å². The number of carbonyl (C=O) groups excluding carboxylic acids is 1. The number of hydrogen-bond donors (Lipinski definition) is 2. The highest BCUT2D eigenvalue weighted by atomic mass is 16.8. The SMILES string of the molecule is C[C@@H]1O[C@@H](O)[C@H](OC(=O)c2ccccc2)[C@H](O[C@@H]2O[C@@H](C)[C@H](OCc3ccccc3)[C@@H](OCc3ccccc3)[C@H]2O[C@@H]2O[C@@H](C)[C@H](OCc3ccccc3)[C@@H](OCc3ccccc3)[C@H]2O)[C@H]1O[C@H]1O[C@H](COCc2ccccc2)[C@@H](OCc2ccccc2)[C@H](OCc2ccccc2)[C@H]1OCc1ccccc1. The molecule has 13 rings (SSSR count). The van der Waals surface area contributed by atoms with Crippen molar-refractivity contribution >= 4 is 5.97 Å². The maximum Gasteiger partial charge on any atom is 0.338 e. The van der Waals surface area contributed by atoms with E-state index in [9.17, 15) is 15.0 Å². The number of carbonyl (C=O) groups is 1. The second kappa shape index (κ2) is 38.5. The molecule has 0 spiro atoms. The zero-order valence-electron chi connectivity index (χ0n) is 59.7. The van der Waals surface area contributed by atoms with Gasteiger partial charge in [0.05, 0.1) is 83.3 Å². The first kappa shape index (κ1) is 76.0. The van der Waals surface area contributed by atoms with Crippen LogP contribution in [0.1, 0.15) is 75.6 Å². The molecule has 0 amide bonds. The van der Waals surface area contributed by atoms with Gasteiger partial charge in [-0.2, -0.15) is 0 Å². The Kier molecular flexibility index (Phi) is 27.6. The van der Waals surface area contributed by atoms with Gasteiger partial charge in [-0.05, 0) is 77.4 Å². The van der Waals surface area contributed by atoms with E-state index in [1.165, 1.54) is 0 Å². The molecule has 556 valence electrons. The van der Waals surface area contributed by atoms with E-state index in [1.807, 2.05) is 257 Å². The summed E-state index contributed by atoms with van der Waals surface area (Å²) in [5.74, 6) is -0.806. The maximum absolute atomic E-state index is 14.8. The molecule has 0 aromatic heterocycles. The van der Waals surface area contributed by atoms with Crippen molar-refractivity contribution in [2.24, 2.45) is 0 Å². The lowest BCUT2D eigenvalue weighted by Crippen LogP contribution is -2.68. The molecule has 9 aromatic rings. The summed E-state index contributed by atoms with van der Waals surface area (Å²) in [6, 6.07) is 86.4. The van der Waals surface area contributed by atoms with Gasteiger partial charge in [-0.15, -0.1) is 0 Å². The van der Waals surface area contributed by atoms with Crippen molar-refractivity contribution in [3.05, 3.63) is 323 Å². The molecule has 0 unspecified atom stereocenters. The molecule has 0 bridgehead atoms. The normalized spacial score (nSPS) is 28.9. The fourth-order valence-electron chi connectivity index (χ4n) is 13.8. The van der Waals surface area contributed by atoms with Crippen LogP contribution >= 0.6 is 0 Å². The average Bonchev–Trinajstić information content (AvgIpc) is 0.761. The minimum atomic E-state index is -1.84. The first-order valence-electron chi connectivity index (χ1n) is 36.5. The summed E-state index contributed by atoms with van der Waals surface area (Å²) in [7, 11) is 0. The largest absolute Gasteiger partial charge is 0.450 e. The van der Waals surface area contributed by atoms with Crippen LogP contribution in [0.4, 0.5) is 0 Å². The number of rotatable bonds is 33. The standard InChI is InChI=1S/C87H94O19/c1-58-72(92-50-62-33-15-5-16-34-62)76(95-53-65-39-21-8-22-40-65)71(88)85(100-58)106-82-77(96-54-66-41-23-9-24-42-66)73(93-51-63-35-17-6-18-36-63)59(2)101-87(82)105-79-74(60(3)99-84(90)80(79)103-83(89)69-47-29-12-30-48-69)104-86-81(98-56-68-45-27-11-28-46-68)78(97-55-67-43-25-10-26-44-67)75(94-52-64-37-19-7-20-38-64)70(102-86)57-91-49-61-31-13-4-14-32-61/h4-48,58-60,70-82,84-88,90H,49-57H2,1-3H3/t58-,59-,60-,70+,71+,72-,73-,74-,75+,76-,77+,78-,79+,80+,81+,82+,84+,85-,86+,87-/m0/s1. The molecule has 19 heteroatoms. The van der Waals surface area contributed by atoms with Crippen LogP contribution in [0.25, 0.3) is 0 Å². The van der Waals surface area contributed by atoms with Crippen molar-refractivity contribution in [2.45, 2.75) is 196 Å². The number of aliphatic hydroxyl groups is 2. The minimum absolute atomic E-state index is 0.00600. The third-order valence-corrected chi connectivity index (χ3v) is 19.3. The first-order valence-corrected chi connectivity index (χ1v) is 36.5. The summed E-state index contributed by atoms with van der Waals surface area (Å²) in [4.78, 5) is 14.8. The molecular formula is C87H94O19. The van der Waals surface area contributed by atoms with Crippen molar-refractivity contribution in [1.29, 1.82) is 0 Å². The Morgan fingerprint density at radius 3 is 1.02 bits per heavy atom. The molecule has 0 saturated carbocycles. The summed E-state index contributed by atoms with van der Waals surface area (Å²) >= 11 is 0. The summed E-state index contributed by atoms with van der Waals surface area (Å²) in [6.45, 7) is 6.50. The van der Waals surface area contributed by atoms with E-state index in [-0.39, 0.29) is 65.0 Å². The molecule has 0 radical (unpaired) electrons. The maximum atomic E-state index is 14.8. The zero-order chi connectivity index (χ0) is 72.8. The van der Waals surface area contributed by atoms with E-state index in [0.717, 1.165) is 44.5 Å². The highest BCUT2D eigenvalue weighted by Crippen LogP contribution is 2.41. The van der Waals surface area contributed by atoms with Gasteiger partial charge in [-0.1, -0.05) is 261 Å². The van der Waals surface area contributed by atoms with Gasteiger partial charge in [0, 0.05) is 0 Å². The highest BCUT2D eigenvalue weighted by Gasteiger charge is 2.58. The molecule has 106 heavy (non-hydrogen) atoms. The lowest BCUT2D eigenvalue weighted by Gasteiger charge is -2.51. The molecule has 4 heterocycles. The third kappa shape index (κ3) is 20.5. The van der Waals surface area contributed by atoms with E-state index in [0.29, 0.717) is 0 Å². The zero-order valence-corrected chi connectivity index (χ0v) is 59.7. The lowest BCUT2D eigenvalue weighted by atomic mass is 9.95. The average molecular weight is 1440 g/mol. The predicted octanol–water partition coefficient (Wildman–Crippen LogP) is 13.0. The van der Waals surface area contributed by atoms with E-state index in [2.05, 4.69) is 0 Å². The number of benzene rings is 9. The van der Waals surface area contributed by atoms with Crippen LogP contribution in [0, 0.1) is 0 Å². The summed E-state index contributed by atoms with van der Waals surface area (Å²) in [6.07, 6.45) is -24.1. The Bertz CT molecular complexity index is 3980. The number of esters is 1. The van der Waals surface area contributed by atoms with Gasteiger partial charge < -0.3 is 86.0 Å². The molecule has 4 saturated heterocycles. The molecule has 4 fully saturated rings.